The zero-order valence-electron chi connectivity index (χ0n) is 19.8. The Hall–Kier alpha value is -3.92. The van der Waals surface area contributed by atoms with E-state index in [1.165, 1.54) is 11.8 Å². The highest BCUT2D eigenvalue weighted by atomic mass is 32.2. The standard InChI is InChI=1S/C25H25N7O2S/c1-15(2)32-21(13-14-26-32)27-22(33)17(4)35-25-29-28-24-30(18-11-9-16(3)10-12-18)23(34)19-7-5-6-8-20(19)31(24)25/h5-15,17H,1-4H3,(H,27,33). The lowest BCUT2D eigenvalue weighted by Crippen LogP contribution is -2.25. The third-order valence-electron chi connectivity index (χ3n) is 5.75. The number of carbonyl (C=O) groups is 1. The third-order valence-corrected chi connectivity index (χ3v) is 6.79. The molecule has 9 nitrogen and oxygen atoms in total. The monoisotopic (exact) mass is 487 g/mol. The van der Waals surface area contributed by atoms with E-state index in [9.17, 15) is 9.59 Å². The first-order valence-corrected chi connectivity index (χ1v) is 12.2. The highest BCUT2D eigenvalue weighted by Gasteiger charge is 2.23. The summed E-state index contributed by atoms with van der Waals surface area (Å²) in [5, 5.41) is 16.5. The lowest BCUT2D eigenvalue weighted by molar-refractivity contribution is -0.115. The van der Waals surface area contributed by atoms with Crippen molar-refractivity contribution in [3.8, 4) is 5.69 Å². The number of hydrogen-bond donors (Lipinski definition) is 1. The van der Waals surface area contributed by atoms with Gasteiger partial charge in [0.2, 0.25) is 11.7 Å². The molecular weight excluding hydrogens is 462 g/mol. The van der Waals surface area contributed by atoms with Gasteiger partial charge < -0.3 is 5.32 Å². The number of amides is 1. The van der Waals surface area contributed by atoms with E-state index < -0.39 is 5.25 Å². The summed E-state index contributed by atoms with van der Waals surface area (Å²) < 4.78 is 5.16. The zero-order chi connectivity index (χ0) is 24.7. The first-order valence-electron chi connectivity index (χ1n) is 11.3. The van der Waals surface area contributed by atoms with E-state index in [1.54, 1.807) is 27.6 Å². The second kappa shape index (κ2) is 9.03. The normalized spacial score (nSPS) is 12.5. The molecule has 0 spiro atoms. The average Bonchev–Trinajstić information content (AvgIpc) is 3.48. The summed E-state index contributed by atoms with van der Waals surface area (Å²) in [5.74, 6) is 0.859. The topological polar surface area (TPSA) is 99.1 Å². The van der Waals surface area contributed by atoms with Crippen molar-refractivity contribution in [3.63, 3.8) is 0 Å². The predicted molar refractivity (Wildman–Crippen MR) is 137 cm³/mol. The quantitative estimate of drug-likeness (QED) is 0.360. The molecule has 1 N–H and O–H groups in total. The molecule has 0 aliphatic carbocycles. The molecule has 5 aromatic rings. The van der Waals surface area contributed by atoms with Gasteiger partial charge in [0.1, 0.15) is 5.82 Å². The fraction of sp³-hybridized carbons (Fsp3) is 0.240. The lowest BCUT2D eigenvalue weighted by atomic mass is 10.2. The summed E-state index contributed by atoms with van der Waals surface area (Å²) >= 11 is 1.28. The molecule has 0 saturated heterocycles. The van der Waals surface area contributed by atoms with Gasteiger partial charge in [0.15, 0.2) is 5.16 Å². The number of para-hydroxylation sites is 1. The molecule has 0 saturated carbocycles. The smallest absolute Gasteiger partial charge is 0.267 e. The Morgan fingerprint density at radius 3 is 2.49 bits per heavy atom. The molecule has 2 aromatic carbocycles. The van der Waals surface area contributed by atoms with Gasteiger partial charge in [-0.1, -0.05) is 41.6 Å². The van der Waals surface area contributed by atoms with Crippen LogP contribution in [0.15, 0.2) is 70.7 Å². The van der Waals surface area contributed by atoms with Crippen molar-refractivity contribution in [2.24, 2.45) is 0 Å². The van der Waals surface area contributed by atoms with Crippen LogP contribution in [0.3, 0.4) is 0 Å². The highest BCUT2D eigenvalue weighted by molar-refractivity contribution is 8.00. The van der Waals surface area contributed by atoms with E-state index in [-0.39, 0.29) is 17.5 Å². The Morgan fingerprint density at radius 1 is 1.00 bits per heavy atom. The van der Waals surface area contributed by atoms with Crippen molar-refractivity contribution in [3.05, 3.63) is 76.7 Å². The summed E-state index contributed by atoms with van der Waals surface area (Å²) in [6.45, 7) is 7.81. The Bertz CT molecular complexity index is 1600. The number of hydrogen-bond acceptors (Lipinski definition) is 6. The number of thioether (sulfide) groups is 1. The molecule has 3 heterocycles. The summed E-state index contributed by atoms with van der Waals surface area (Å²) in [7, 11) is 0. The zero-order valence-corrected chi connectivity index (χ0v) is 20.7. The molecule has 3 aromatic heterocycles. The average molecular weight is 488 g/mol. The number of benzene rings is 2. The molecule has 178 valence electrons. The first kappa shape index (κ1) is 22.9. The molecule has 35 heavy (non-hydrogen) atoms. The van der Waals surface area contributed by atoms with Crippen molar-refractivity contribution >= 4 is 40.2 Å². The largest absolute Gasteiger partial charge is 0.310 e. The van der Waals surface area contributed by atoms with Crippen LogP contribution in [-0.4, -0.2) is 40.1 Å². The number of rotatable bonds is 6. The van der Waals surface area contributed by atoms with Crippen LogP contribution in [0.5, 0.6) is 0 Å². The first-order chi connectivity index (χ1) is 16.8. The fourth-order valence-electron chi connectivity index (χ4n) is 3.95. The molecule has 0 aliphatic heterocycles. The van der Waals surface area contributed by atoms with E-state index in [1.807, 2.05) is 74.6 Å². The number of aryl methyl sites for hydroxylation is 1. The molecular formula is C25H25N7O2S. The van der Waals surface area contributed by atoms with Gasteiger partial charge in [-0.15, -0.1) is 10.2 Å². The number of nitrogens with one attached hydrogen (secondary N) is 1. The van der Waals surface area contributed by atoms with Crippen LogP contribution in [0, 0.1) is 6.92 Å². The minimum absolute atomic E-state index is 0.119. The molecule has 0 radical (unpaired) electrons. The van der Waals surface area contributed by atoms with Gasteiger partial charge in [-0.25, -0.2) is 9.25 Å². The van der Waals surface area contributed by atoms with Crippen molar-refractivity contribution < 1.29 is 4.79 Å². The van der Waals surface area contributed by atoms with Gasteiger partial charge in [-0.3, -0.25) is 14.0 Å². The van der Waals surface area contributed by atoms with E-state index in [0.717, 1.165) is 5.56 Å². The lowest BCUT2D eigenvalue weighted by Gasteiger charge is -2.15. The molecule has 0 fully saturated rings. The van der Waals surface area contributed by atoms with E-state index in [4.69, 9.17) is 0 Å². The number of aromatic nitrogens is 6. The van der Waals surface area contributed by atoms with Crippen LogP contribution < -0.4 is 10.9 Å². The Kier molecular flexibility index (Phi) is 5.89. The van der Waals surface area contributed by atoms with Crippen molar-refractivity contribution in [2.45, 2.75) is 44.1 Å². The number of carbonyl (C=O) groups excluding carboxylic acids is 1. The molecule has 1 unspecified atom stereocenters. The van der Waals surface area contributed by atoms with Crippen molar-refractivity contribution in [1.29, 1.82) is 0 Å². The summed E-state index contributed by atoms with van der Waals surface area (Å²) in [6.07, 6.45) is 1.66. The van der Waals surface area contributed by atoms with E-state index in [0.29, 0.717) is 33.3 Å². The molecule has 0 aliphatic rings. The maximum atomic E-state index is 13.4. The minimum Gasteiger partial charge on any atom is -0.310 e. The summed E-state index contributed by atoms with van der Waals surface area (Å²) in [5.41, 5.74) is 2.31. The van der Waals surface area contributed by atoms with Crippen LogP contribution in [0.2, 0.25) is 0 Å². The maximum Gasteiger partial charge on any atom is 0.267 e. The van der Waals surface area contributed by atoms with Gasteiger partial charge >= 0.3 is 0 Å². The van der Waals surface area contributed by atoms with Gasteiger partial charge in [0.25, 0.3) is 5.56 Å². The fourth-order valence-corrected chi connectivity index (χ4v) is 4.80. The number of nitrogens with zero attached hydrogens (tertiary/aromatic N) is 6. The summed E-state index contributed by atoms with van der Waals surface area (Å²) in [6, 6.07) is 16.9. The Labute approximate surface area is 205 Å². The van der Waals surface area contributed by atoms with Crippen molar-refractivity contribution in [1.82, 2.24) is 28.9 Å². The van der Waals surface area contributed by atoms with Crippen molar-refractivity contribution in [2.75, 3.05) is 5.32 Å². The van der Waals surface area contributed by atoms with Gasteiger partial charge in [-0.05, 0) is 52.0 Å². The Morgan fingerprint density at radius 2 is 1.74 bits per heavy atom. The van der Waals surface area contributed by atoms with Crippen LogP contribution in [0.4, 0.5) is 5.82 Å². The van der Waals surface area contributed by atoms with Crippen LogP contribution in [0.25, 0.3) is 22.4 Å². The van der Waals surface area contributed by atoms with E-state index >= 15 is 0 Å². The number of anilines is 1. The second-order valence-electron chi connectivity index (χ2n) is 8.62. The summed E-state index contributed by atoms with van der Waals surface area (Å²) in [4.78, 5) is 26.4. The SMILES string of the molecule is Cc1ccc(-n2c(=O)c3ccccc3n3c(SC(C)C(=O)Nc4ccnn4C(C)C)nnc23)cc1. The highest BCUT2D eigenvalue weighted by Crippen LogP contribution is 2.27. The van der Waals surface area contributed by atoms with Gasteiger partial charge in [-0.2, -0.15) is 5.10 Å². The minimum atomic E-state index is -0.476. The molecule has 1 amide bonds. The molecule has 10 heteroatoms. The number of fused-ring (bicyclic) bond motifs is 3. The predicted octanol–water partition coefficient (Wildman–Crippen LogP) is 4.24. The third kappa shape index (κ3) is 4.10. The molecule has 5 rings (SSSR count). The van der Waals surface area contributed by atoms with Gasteiger partial charge in [0.05, 0.1) is 28.0 Å². The van der Waals surface area contributed by atoms with Crippen LogP contribution in [0.1, 0.15) is 32.4 Å². The van der Waals surface area contributed by atoms with E-state index in [2.05, 4.69) is 20.6 Å². The Balaban J connectivity index is 1.56. The second-order valence-corrected chi connectivity index (χ2v) is 9.92. The molecule has 0 bridgehead atoms. The van der Waals surface area contributed by atoms with Crippen LogP contribution in [-0.2, 0) is 4.79 Å². The molecule has 1 atom stereocenters. The maximum absolute atomic E-state index is 13.4. The van der Waals surface area contributed by atoms with Crippen LogP contribution >= 0.6 is 11.8 Å². The van der Waals surface area contributed by atoms with Gasteiger partial charge in [0, 0.05) is 12.1 Å².